The van der Waals surface area contributed by atoms with Gasteiger partial charge in [-0.25, -0.2) is 0 Å². The molecule has 100 valence electrons. The van der Waals surface area contributed by atoms with E-state index in [1.54, 1.807) is 0 Å². The normalized spacial score (nSPS) is 30.9. The number of piperidine rings is 1. The Labute approximate surface area is 106 Å². The Morgan fingerprint density at radius 1 is 1.18 bits per heavy atom. The van der Waals surface area contributed by atoms with E-state index in [0.717, 1.165) is 44.6 Å². The van der Waals surface area contributed by atoms with Crippen LogP contribution < -0.4 is 10.6 Å². The number of nitrogens with one attached hydrogen (secondary N) is 2. The van der Waals surface area contributed by atoms with Gasteiger partial charge in [-0.1, -0.05) is 6.92 Å². The fourth-order valence-electron chi connectivity index (χ4n) is 2.98. The average molecular weight is 240 g/mol. The Balaban J connectivity index is 1.43. The first kappa shape index (κ1) is 13.3. The molecule has 2 fully saturated rings. The van der Waals surface area contributed by atoms with Gasteiger partial charge in [0.2, 0.25) is 0 Å². The van der Waals surface area contributed by atoms with Crippen molar-refractivity contribution in [2.75, 3.05) is 26.2 Å². The van der Waals surface area contributed by atoms with E-state index in [4.69, 9.17) is 4.74 Å². The van der Waals surface area contributed by atoms with Gasteiger partial charge in [-0.15, -0.1) is 0 Å². The van der Waals surface area contributed by atoms with E-state index in [0.29, 0.717) is 6.10 Å². The van der Waals surface area contributed by atoms with Gasteiger partial charge in [0.1, 0.15) is 0 Å². The van der Waals surface area contributed by atoms with Gasteiger partial charge >= 0.3 is 0 Å². The predicted octanol–water partition coefficient (Wildman–Crippen LogP) is 1.92. The van der Waals surface area contributed by atoms with Crippen LogP contribution >= 0.6 is 0 Å². The third kappa shape index (κ3) is 4.94. The van der Waals surface area contributed by atoms with Crippen molar-refractivity contribution in [3.05, 3.63) is 0 Å². The lowest BCUT2D eigenvalue weighted by molar-refractivity contribution is 0.0315. The number of ether oxygens (including phenoxy) is 1. The van der Waals surface area contributed by atoms with Crippen LogP contribution in [0.5, 0.6) is 0 Å². The van der Waals surface area contributed by atoms with Crippen molar-refractivity contribution in [1.29, 1.82) is 0 Å². The highest BCUT2D eigenvalue weighted by Crippen LogP contribution is 2.24. The van der Waals surface area contributed by atoms with Gasteiger partial charge in [0.05, 0.1) is 6.10 Å². The summed E-state index contributed by atoms with van der Waals surface area (Å²) in [6, 6.07) is 0.781. The molecule has 0 radical (unpaired) electrons. The molecule has 2 aliphatic rings. The molecule has 0 aromatic heterocycles. The lowest BCUT2D eigenvalue weighted by atomic mass is 10.1. The number of rotatable bonds is 6. The minimum Gasteiger partial charge on any atom is -0.378 e. The lowest BCUT2D eigenvalue weighted by Gasteiger charge is -2.23. The quantitative estimate of drug-likeness (QED) is 0.696. The van der Waals surface area contributed by atoms with Gasteiger partial charge in [0.25, 0.3) is 0 Å². The molecular formula is C14H28N2O. The molecule has 1 saturated heterocycles. The van der Waals surface area contributed by atoms with Crippen molar-refractivity contribution in [2.45, 2.75) is 57.6 Å². The van der Waals surface area contributed by atoms with Crippen LogP contribution in [0.15, 0.2) is 0 Å². The molecule has 2 rings (SSSR count). The topological polar surface area (TPSA) is 33.3 Å². The van der Waals surface area contributed by atoms with Gasteiger partial charge in [-0.3, -0.25) is 0 Å². The number of hydrogen-bond acceptors (Lipinski definition) is 3. The second kappa shape index (κ2) is 7.34. The second-order valence-corrected chi connectivity index (χ2v) is 5.74. The average Bonchev–Trinajstić information content (AvgIpc) is 2.76. The van der Waals surface area contributed by atoms with E-state index in [1.807, 2.05) is 0 Å². The first-order valence-electron chi connectivity index (χ1n) is 7.40. The van der Waals surface area contributed by atoms with Gasteiger partial charge < -0.3 is 15.4 Å². The molecular weight excluding hydrogens is 212 g/mol. The monoisotopic (exact) mass is 240 g/mol. The summed E-state index contributed by atoms with van der Waals surface area (Å²) in [4.78, 5) is 0. The van der Waals surface area contributed by atoms with Crippen LogP contribution in [0.1, 0.15) is 45.4 Å². The fraction of sp³-hybridized carbons (Fsp3) is 1.00. The van der Waals surface area contributed by atoms with Gasteiger partial charge in [-0.05, 0) is 64.1 Å². The van der Waals surface area contributed by atoms with Crippen molar-refractivity contribution in [3.63, 3.8) is 0 Å². The summed E-state index contributed by atoms with van der Waals surface area (Å²) >= 11 is 0. The highest BCUT2D eigenvalue weighted by molar-refractivity contribution is 4.78. The van der Waals surface area contributed by atoms with E-state index in [1.165, 1.54) is 32.1 Å². The minimum absolute atomic E-state index is 0.516. The molecule has 0 aromatic carbocycles. The summed E-state index contributed by atoms with van der Waals surface area (Å²) < 4.78 is 5.89. The molecule has 17 heavy (non-hydrogen) atoms. The third-order valence-electron chi connectivity index (χ3n) is 4.09. The standard InChI is InChI=1S/C14H28N2O/c1-12-3-4-13(11-12)16-7-2-10-17-14-5-8-15-9-6-14/h12-16H,2-11H2,1H3. The SMILES string of the molecule is CC1CCC(NCCCOC2CCNCC2)C1. The van der Waals surface area contributed by atoms with E-state index < -0.39 is 0 Å². The maximum absolute atomic E-state index is 5.89. The lowest BCUT2D eigenvalue weighted by Crippen LogP contribution is -2.33. The summed E-state index contributed by atoms with van der Waals surface area (Å²) in [5, 5.41) is 7.02. The van der Waals surface area contributed by atoms with Crippen molar-refractivity contribution >= 4 is 0 Å². The van der Waals surface area contributed by atoms with Crippen LogP contribution in [0.25, 0.3) is 0 Å². The van der Waals surface area contributed by atoms with Crippen molar-refractivity contribution in [2.24, 2.45) is 5.92 Å². The zero-order valence-corrected chi connectivity index (χ0v) is 11.2. The number of hydrogen-bond donors (Lipinski definition) is 2. The highest BCUT2D eigenvalue weighted by Gasteiger charge is 2.20. The molecule has 1 saturated carbocycles. The van der Waals surface area contributed by atoms with Crippen LogP contribution in [0.4, 0.5) is 0 Å². The van der Waals surface area contributed by atoms with Crippen LogP contribution in [-0.4, -0.2) is 38.4 Å². The first-order valence-corrected chi connectivity index (χ1v) is 7.40. The smallest absolute Gasteiger partial charge is 0.0599 e. The van der Waals surface area contributed by atoms with Gasteiger partial charge in [0, 0.05) is 12.6 Å². The third-order valence-corrected chi connectivity index (χ3v) is 4.09. The zero-order valence-electron chi connectivity index (χ0n) is 11.2. The van der Waals surface area contributed by atoms with E-state index >= 15 is 0 Å². The maximum Gasteiger partial charge on any atom is 0.0599 e. The Morgan fingerprint density at radius 2 is 2.00 bits per heavy atom. The Bertz CT molecular complexity index is 198. The molecule has 0 bridgehead atoms. The molecule has 1 aliphatic heterocycles. The van der Waals surface area contributed by atoms with Crippen LogP contribution in [0, 0.1) is 5.92 Å². The van der Waals surface area contributed by atoms with Crippen LogP contribution in [0.3, 0.4) is 0 Å². The van der Waals surface area contributed by atoms with Crippen LogP contribution in [0.2, 0.25) is 0 Å². The molecule has 3 nitrogen and oxygen atoms in total. The van der Waals surface area contributed by atoms with Crippen molar-refractivity contribution in [3.8, 4) is 0 Å². The van der Waals surface area contributed by atoms with E-state index in [-0.39, 0.29) is 0 Å². The Morgan fingerprint density at radius 3 is 2.71 bits per heavy atom. The summed E-state index contributed by atoms with van der Waals surface area (Å²) in [6.45, 7) is 6.68. The zero-order chi connectivity index (χ0) is 11.9. The Kier molecular flexibility index (Phi) is 5.75. The van der Waals surface area contributed by atoms with Crippen molar-refractivity contribution in [1.82, 2.24) is 10.6 Å². The van der Waals surface area contributed by atoms with Gasteiger partial charge in [0.15, 0.2) is 0 Å². The molecule has 1 heterocycles. The van der Waals surface area contributed by atoms with E-state index in [9.17, 15) is 0 Å². The Hall–Kier alpha value is -0.120. The molecule has 2 unspecified atom stereocenters. The minimum atomic E-state index is 0.516. The van der Waals surface area contributed by atoms with Crippen molar-refractivity contribution < 1.29 is 4.74 Å². The molecule has 2 atom stereocenters. The highest BCUT2D eigenvalue weighted by atomic mass is 16.5. The molecule has 0 amide bonds. The molecule has 1 aliphatic carbocycles. The first-order chi connectivity index (χ1) is 8.34. The van der Waals surface area contributed by atoms with Gasteiger partial charge in [-0.2, -0.15) is 0 Å². The summed E-state index contributed by atoms with van der Waals surface area (Å²) in [5.74, 6) is 0.929. The fourth-order valence-corrected chi connectivity index (χ4v) is 2.98. The largest absolute Gasteiger partial charge is 0.378 e. The van der Waals surface area contributed by atoms with E-state index in [2.05, 4.69) is 17.6 Å². The maximum atomic E-state index is 5.89. The molecule has 2 N–H and O–H groups in total. The molecule has 3 heteroatoms. The van der Waals surface area contributed by atoms with Crippen LogP contribution in [-0.2, 0) is 4.74 Å². The summed E-state index contributed by atoms with van der Waals surface area (Å²) in [6.07, 6.45) is 8.20. The molecule has 0 aromatic rings. The summed E-state index contributed by atoms with van der Waals surface area (Å²) in [7, 11) is 0. The summed E-state index contributed by atoms with van der Waals surface area (Å²) in [5.41, 5.74) is 0. The predicted molar refractivity (Wildman–Crippen MR) is 71.3 cm³/mol. The molecule has 0 spiro atoms. The second-order valence-electron chi connectivity index (χ2n) is 5.74.